The third kappa shape index (κ3) is 4.05. The summed E-state index contributed by atoms with van der Waals surface area (Å²) in [5, 5.41) is 2.29. The summed E-state index contributed by atoms with van der Waals surface area (Å²) in [6.45, 7) is 0. The van der Waals surface area contributed by atoms with E-state index in [-0.39, 0.29) is 11.2 Å². The van der Waals surface area contributed by atoms with E-state index in [1.807, 2.05) is 12.1 Å². The van der Waals surface area contributed by atoms with Crippen LogP contribution in [0, 0.1) is 5.82 Å². The number of halogens is 1. The van der Waals surface area contributed by atoms with Crippen molar-refractivity contribution in [3.05, 3.63) is 228 Å². The summed E-state index contributed by atoms with van der Waals surface area (Å²) < 4.78 is 16.2. The van der Waals surface area contributed by atoms with E-state index in [0.717, 1.165) is 44.6 Å². The van der Waals surface area contributed by atoms with Crippen LogP contribution >= 0.6 is 0 Å². The lowest BCUT2D eigenvalue weighted by molar-refractivity contribution is 0.627. The molecule has 0 saturated heterocycles. The Balaban J connectivity index is 0.944. The van der Waals surface area contributed by atoms with Crippen molar-refractivity contribution in [1.82, 2.24) is 4.57 Å². The quantitative estimate of drug-likeness (QED) is 0.171. The van der Waals surface area contributed by atoms with Crippen molar-refractivity contribution in [3.63, 3.8) is 0 Å². The number of rotatable bonds is 5. The summed E-state index contributed by atoms with van der Waals surface area (Å²) in [7, 11) is 0. The molecule has 0 bridgehead atoms. The molecule has 3 aliphatic rings. The molecule has 0 saturated carbocycles. The van der Waals surface area contributed by atoms with E-state index in [1.54, 1.807) is 0 Å². The van der Waals surface area contributed by atoms with E-state index in [4.69, 9.17) is 0 Å². The van der Waals surface area contributed by atoms with Gasteiger partial charge in [-0.3, -0.25) is 0 Å². The van der Waals surface area contributed by atoms with Crippen molar-refractivity contribution < 1.29 is 4.39 Å². The van der Waals surface area contributed by atoms with Crippen LogP contribution in [0.1, 0.15) is 22.3 Å². The maximum absolute atomic E-state index is 14.0. The Morgan fingerprint density at radius 3 is 1.71 bits per heavy atom. The average molecular weight is 741 g/mol. The minimum atomic E-state index is -0.303. The number of anilines is 3. The number of hydrogen-bond donors (Lipinski definition) is 0. The number of aromatic nitrogens is 1. The number of para-hydroxylation sites is 2. The molecule has 3 aliphatic carbocycles. The predicted octanol–water partition coefficient (Wildman–Crippen LogP) is 14.4. The van der Waals surface area contributed by atoms with Crippen molar-refractivity contribution in [2.75, 3.05) is 4.90 Å². The Kier molecular flexibility index (Phi) is 6.30. The van der Waals surface area contributed by atoms with E-state index in [2.05, 4.69) is 185 Å². The van der Waals surface area contributed by atoms with Gasteiger partial charge >= 0.3 is 0 Å². The van der Waals surface area contributed by atoms with E-state index < -0.39 is 0 Å². The Hall–Kier alpha value is -7.49. The lowest BCUT2D eigenvalue weighted by Gasteiger charge is -2.28. The third-order valence-electron chi connectivity index (χ3n) is 13.0. The summed E-state index contributed by atoms with van der Waals surface area (Å²) in [5.41, 5.74) is 22.2. The van der Waals surface area contributed by atoms with Crippen molar-refractivity contribution in [1.29, 1.82) is 0 Å². The topological polar surface area (TPSA) is 8.17 Å². The minimum absolute atomic E-state index is 0.242. The van der Waals surface area contributed by atoms with E-state index in [1.165, 1.54) is 78.9 Å². The van der Waals surface area contributed by atoms with Gasteiger partial charge in [0.05, 0.1) is 16.4 Å². The molecule has 10 aromatic rings. The molecule has 1 heterocycles. The summed E-state index contributed by atoms with van der Waals surface area (Å²) >= 11 is 0. The van der Waals surface area contributed by atoms with Crippen LogP contribution in [-0.4, -0.2) is 4.57 Å². The van der Waals surface area contributed by atoms with Crippen LogP contribution in [0.4, 0.5) is 21.5 Å². The molecular weight excluding hydrogens is 708 g/mol. The maximum Gasteiger partial charge on any atom is 0.123 e. The van der Waals surface area contributed by atoms with Crippen LogP contribution in [-0.2, 0) is 5.41 Å². The number of benzene rings is 9. The van der Waals surface area contributed by atoms with Crippen LogP contribution in [0.5, 0.6) is 0 Å². The highest BCUT2D eigenvalue weighted by atomic mass is 19.1. The third-order valence-corrected chi connectivity index (χ3v) is 13.0. The fourth-order valence-corrected chi connectivity index (χ4v) is 10.7. The van der Waals surface area contributed by atoms with Gasteiger partial charge in [0, 0.05) is 33.5 Å². The smallest absolute Gasteiger partial charge is 0.123 e. The minimum Gasteiger partial charge on any atom is -0.310 e. The summed E-state index contributed by atoms with van der Waals surface area (Å²) in [4.78, 5) is 2.33. The lowest BCUT2D eigenvalue weighted by atomic mass is 9.73. The van der Waals surface area contributed by atoms with Crippen LogP contribution in [0.2, 0.25) is 0 Å². The highest BCUT2D eigenvalue weighted by Crippen LogP contribution is 2.70. The molecule has 0 radical (unpaired) electrons. The molecule has 3 heteroatoms. The molecule has 0 fully saturated rings. The molecule has 58 heavy (non-hydrogen) atoms. The second-order valence-electron chi connectivity index (χ2n) is 15.8. The maximum atomic E-state index is 14.0. The van der Waals surface area contributed by atoms with Gasteiger partial charge in [0.2, 0.25) is 0 Å². The second kappa shape index (κ2) is 11.5. The molecule has 270 valence electrons. The fraction of sp³-hybridized carbons (Fsp3) is 0.0182. The highest BCUT2D eigenvalue weighted by molar-refractivity contribution is 6.11. The Labute approximate surface area is 335 Å². The molecule has 1 atom stereocenters. The van der Waals surface area contributed by atoms with Crippen LogP contribution < -0.4 is 4.90 Å². The van der Waals surface area contributed by atoms with Gasteiger partial charge in [0.15, 0.2) is 0 Å². The average Bonchev–Trinajstić information content (AvgIpc) is 3.98. The van der Waals surface area contributed by atoms with Crippen molar-refractivity contribution >= 4 is 38.9 Å². The van der Waals surface area contributed by atoms with Gasteiger partial charge in [-0.05, 0) is 146 Å². The summed E-state index contributed by atoms with van der Waals surface area (Å²) in [6, 6.07) is 71.5. The number of hydrogen-bond acceptors (Lipinski definition) is 1. The SMILES string of the molecule is Fc1ccc(-n2c3ccccc3c3cc(N(c4ccccc4)c4ccc(-c5ccc6c(c5)C57c8ccccc8-c8cccc(c85)-c5cccc-6c57)cc4)ccc32)cc1. The first kappa shape index (κ1) is 31.7. The predicted molar refractivity (Wildman–Crippen MR) is 236 cm³/mol. The fourth-order valence-electron chi connectivity index (χ4n) is 10.7. The molecular formula is C55H33FN2. The van der Waals surface area contributed by atoms with E-state index >= 15 is 0 Å². The molecule has 0 N–H and O–H groups in total. The first-order chi connectivity index (χ1) is 28.7. The standard InChI is InChI=1S/C55H33FN2/c56-36-23-27-39(28-24-36)58-51-19-7-5-13-43(51)48-33-40(29-31-52(48)58)57(37-10-2-1-3-11-37)38-25-20-34(21-26-38)35-22-30-42-45-15-9-17-47-46-16-8-14-44-41-12-4-6-18-49(41)55(53(44)46,54(45)47)50(42)32-35/h1-33H. The van der Waals surface area contributed by atoms with Gasteiger partial charge in [-0.25, -0.2) is 4.39 Å². The van der Waals surface area contributed by atoms with Gasteiger partial charge in [-0.1, -0.05) is 121 Å². The van der Waals surface area contributed by atoms with Gasteiger partial charge in [0.25, 0.3) is 0 Å². The first-order valence-electron chi connectivity index (χ1n) is 20.0. The first-order valence-corrected chi connectivity index (χ1v) is 20.0. The molecule has 0 aliphatic heterocycles. The van der Waals surface area contributed by atoms with Crippen molar-refractivity contribution in [2.24, 2.45) is 0 Å². The van der Waals surface area contributed by atoms with Gasteiger partial charge in [-0.15, -0.1) is 0 Å². The highest BCUT2D eigenvalue weighted by Gasteiger charge is 2.57. The normalized spacial score (nSPS) is 15.1. The number of nitrogens with zero attached hydrogens (tertiary/aromatic N) is 2. The Morgan fingerprint density at radius 2 is 0.948 bits per heavy atom. The number of fused-ring (bicyclic) bond motifs is 8. The molecule has 2 nitrogen and oxygen atoms in total. The lowest BCUT2D eigenvalue weighted by Crippen LogP contribution is -2.23. The van der Waals surface area contributed by atoms with Crippen LogP contribution in [0.25, 0.3) is 72.0 Å². The molecule has 0 amide bonds. The van der Waals surface area contributed by atoms with Crippen LogP contribution in [0.15, 0.2) is 200 Å². The second-order valence-corrected chi connectivity index (χ2v) is 15.8. The zero-order valence-electron chi connectivity index (χ0n) is 31.3. The molecule has 13 rings (SSSR count). The zero-order chi connectivity index (χ0) is 38.1. The molecule has 9 aromatic carbocycles. The summed E-state index contributed by atoms with van der Waals surface area (Å²) in [5.74, 6) is -0.242. The molecule has 1 aromatic heterocycles. The molecule has 1 spiro atoms. The molecule has 1 unspecified atom stereocenters. The van der Waals surface area contributed by atoms with Gasteiger partial charge in [0.1, 0.15) is 5.82 Å². The monoisotopic (exact) mass is 740 g/mol. The largest absolute Gasteiger partial charge is 0.310 e. The Bertz CT molecular complexity index is 3300. The van der Waals surface area contributed by atoms with E-state index in [0.29, 0.717) is 0 Å². The van der Waals surface area contributed by atoms with Crippen molar-refractivity contribution in [3.8, 4) is 50.2 Å². The van der Waals surface area contributed by atoms with E-state index in [9.17, 15) is 4.39 Å². The van der Waals surface area contributed by atoms with Crippen LogP contribution in [0.3, 0.4) is 0 Å². The summed E-state index contributed by atoms with van der Waals surface area (Å²) in [6.07, 6.45) is 0. The zero-order valence-corrected chi connectivity index (χ0v) is 31.3. The van der Waals surface area contributed by atoms with Crippen molar-refractivity contribution in [2.45, 2.75) is 5.41 Å². The van der Waals surface area contributed by atoms with Gasteiger partial charge < -0.3 is 9.47 Å². The van der Waals surface area contributed by atoms with Gasteiger partial charge in [-0.2, -0.15) is 0 Å². The Morgan fingerprint density at radius 1 is 0.379 bits per heavy atom.